The first-order valence-electron chi connectivity index (χ1n) is 7.02. The molecular weight excluding hydrogens is 357 g/mol. The zero-order valence-corrected chi connectivity index (χ0v) is 14.5. The summed E-state index contributed by atoms with van der Waals surface area (Å²) < 4.78 is 11.1. The lowest BCUT2D eigenvalue weighted by molar-refractivity contribution is -0.0318. The van der Waals surface area contributed by atoms with Crippen LogP contribution in [0, 0.1) is 0 Å². The number of hydrogen-bond donors (Lipinski definition) is 1. The Morgan fingerprint density at radius 3 is 2.53 bits per heavy atom. The lowest BCUT2D eigenvalue weighted by atomic mass is 10.1. The molecule has 0 aromatic carbocycles. The fourth-order valence-corrected chi connectivity index (χ4v) is 2.00. The molecule has 1 aliphatic rings. The van der Waals surface area contributed by atoms with E-state index >= 15 is 0 Å². The molecule has 1 aliphatic heterocycles. The van der Waals surface area contributed by atoms with Crippen LogP contribution in [-0.2, 0) is 9.47 Å². The van der Waals surface area contributed by atoms with E-state index in [-0.39, 0.29) is 24.0 Å². The van der Waals surface area contributed by atoms with Gasteiger partial charge in [0.15, 0.2) is 5.96 Å². The molecular formula is C13H28IN3O2. The van der Waals surface area contributed by atoms with Gasteiger partial charge in [0.25, 0.3) is 0 Å². The molecule has 19 heavy (non-hydrogen) atoms. The van der Waals surface area contributed by atoms with Gasteiger partial charge in [0.05, 0.1) is 6.10 Å². The van der Waals surface area contributed by atoms with Gasteiger partial charge in [-0.05, 0) is 33.1 Å². The van der Waals surface area contributed by atoms with Gasteiger partial charge < -0.3 is 20.1 Å². The first-order chi connectivity index (χ1) is 8.77. The Hall–Kier alpha value is -0.0800. The van der Waals surface area contributed by atoms with Crippen molar-refractivity contribution >= 4 is 29.9 Å². The van der Waals surface area contributed by atoms with Crippen molar-refractivity contribution in [2.75, 3.05) is 39.5 Å². The first-order valence-corrected chi connectivity index (χ1v) is 7.02. The van der Waals surface area contributed by atoms with Crippen LogP contribution in [0.15, 0.2) is 4.99 Å². The topological polar surface area (TPSA) is 60.1 Å². The number of guanidine groups is 1. The monoisotopic (exact) mass is 385 g/mol. The number of ether oxygens (including phenoxy) is 2. The first kappa shape index (κ1) is 18.9. The Morgan fingerprint density at radius 1 is 1.32 bits per heavy atom. The molecule has 0 bridgehead atoms. The molecule has 0 aliphatic carbocycles. The third-order valence-corrected chi connectivity index (χ3v) is 3.19. The zero-order chi connectivity index (χ0) is 13.2. The molecule has 0 spiro atoms. The van der Waals surface area contributed by atoms with Gasteiger partial charge in [-0.25, -0.2) is 0 Å². The number of nitrogens with two attached hydrogens (primary N) is 1. The summed E-state index contributed by atoms with van der Waals surface area (Å²) in [7, 11) is 0. The molecule has 0 saturated carbocycles. The second-order valence-corrected chi connectivity index (χ2v) is 4.45. The number of aliphatic imine (C=N–C) groups is 1. The van der Waals surface area contributed by atoms with Gasteiger partial charge >= 0.3 is 0 Å². The lowest BCUT2D eigenvalue weighted by Gasteiger charge is -2.22. The van der Waals surface area contributed by atoms with E-state index in [1.54, 1.807) is 0 Å². The zero-order valence-electron chi connectivity index (χ0n) is 12.1. The Labute approximate surface area is 133 Å². The van der Waals surface area contributed by atoms with E-state index in [9.17, 15) is 0 Å². The van der Waals surface area contributed by atoms with E-state index in [4.69, 9.17) is 15.2 Å². The third kappa shape index (κ3) is 7.94. The fourth-order valence-electron chi connectivity index (χ4n) is 2.00. The largest absolute Gasteiger partial charge is 0.381 e. The number of halogens is 1. The molecule has 2 N–H and O–H groups in total. The van der Waals surface area contributed by atoms with Crippen LogP contribution in [-0.4, -0.2) is 56.4 Å². The quantitative estimate of drug-likeness (QED) is 0.315. The fraction of sp³-hybridized carbons (Fsp3) is 0.923. The van der Waals surface area contributed by atoms with Gasteiger partial charge in [-0.1, -0.05) is 0 Å². The highest BCUT2D eigenvalue weighted by Crippen LogP contribution is 2.10. The Bertz CT molecular complexity index is 242. The van der Waals surface area contributed by atoms with Crippen molar-refractivity contribution in [2.24, 2.45) is 10.7 Å². The smallest absolute Gasteiger partial charge is 0.191 e. The van der Waals surface area contributed by atoms with Crippen molar-refractivity contribution in [1.29, 1.82) is 0 Å². The van der Waals surface area contributed by atoms with E-state index in [0.717, 1.165) is 58.7 Å². The van der Waals surface area contributed by atoms with Gasteiger partial charge in [0.2, 0.25) is 0 Å². The maximum atomic E-state index is 5.88. The average Bonchev–Trinajstić information content (AvgIpc) is 2.41. The summed E-state index contributed by atoms with van der Waals surface area (Å²) in [6, 6.07) is 0. The van der Waals surface area contributed by atoms with E-state index in [1.165, 1.54) is 0 Å². The maximum Gasteiger partial charge on any atom is 0.191 e. The van der Waals surface area contributed by atoms with E-state index in [0.29, 0.717) is 12.1 Å². The van der Waals surface area contributed by atoms with Crippen LogP contribution in [0.2, 0.25) is 0 Å². The van der Waals surface area contributed by atoms with Crippen LogP contribution in [0.25, 0.3) is 0 Å². The molecule has 0 amide bonds. The Balaban J connectivity index is 0.00000324. The molecule has 1 saturated heterocycles. The summed E-state index contributed by atoms with van der Waals surface area (Å²) in [5.74, 6) is 0.645. The number of hydrogen-bond acceptors (Lipinski definition) is 3. The maximum absolute atomic E-state index is 5.88. The van der Waals surface area contributed by atoms with Crippen LogP contribution < -0.4 is 5.73 Å². The van der Waals surface area contributed by atoms with Crippen molar-refractivity contribution in [2.45, 2.75) is 39.2 Å². The lowest BCUT2D eigenvalue weighted by Crippen LogP contribution is -2.37. The van der Waals surface area contributed by atoms with Gasteiger partial charge in [0, 0.05) is 39.5 Å². The van der Waals surface area contributed by atoms with Crippen LogP contribution in [0.1, 0.15) is 33.1 Å². The summed E-state index contributed by atoms with van der Waals surface area (Å²) in [4.78, 5) is 6.42. The summed E-state index contributed by atoms with van der Waals surface area (Å²) in [5, 5.41) is 0. The van der Waals surface area contributed by atoms with E-state index in [2.05, 4.69) is 23.7 Å². The predicted molar refractivity (Wildman–Crippen MR) is 89.2 cm³/mol. The highest BCUT2D eigenvalue weighted by atomic mass is 127. The SMILES string of the molecule is CCN(CC)C(N)=NCCCOC1CCOCC1.I. The van der Waals surface area contributed by atoms with Gasteiger partial charge in [-0.3, -0.25) is 4.99 Å². The number of nitrogens with zero attached hydrogens (tertiary/aromatic N) is 2. The normalized spacial score (nSPS) is 17.1. The van der Waals surface area contributed by atoms with Gasteiger partial charge in [-0.15, -0.1) is 24.0 Å². The standard InChI is InChI=1S/C13H27N3O2.HI/c1-3-16(4-2)13(14)15-8-5-9-18-12-6-10-17-11-7-12;/h12H,3-11H2,1-2H3,(H2,14,15);1H. The van der Waals surface area contributed by atoms with Crippen molar-refractivity contribution in [3.8, 4) is 0 Å². The van der Waals surface area contributed by atoms with Crippen molar-refractivity contribution in [1.82, 2.24) is 4.90 Å². The van der Waals surface area contributed by atoms with Crippen molar-refractivity contribution < 1.29 is 9.47 Å². The summed E-state index contributed by atoms with van der Waals surface area (Å²) in [6.07, 6.45) is 3.34. The molecule has 0 aromatic heterocycles. The predicted octanol–water partition coefficient (Wildman–Crippen LogP) is 1.85. The molecule has 5 nitrogen and oxygen atoms in total. The van der Waals surface area contributed by atoms with Crippen molar-refractivity contribution in [3.63, 3.8) is 0 Å². The summed E-state index contributed by atoms with van der Waals surface area (Å²) in [6.45, 7) is 9.15. The van der Waals surface area contributed by atoms with Crippen LogP contribution in [0.4, 0.5) is 0 Å². The molecule has 0 unspecified atom stereocenters. The third-order valence-electron chi connectivity index (χ3n) is 3.19. The molecule has 114 valence electrons. The second kappa shape index (κ2) is 11.7. The highest BCUT2D eigenvalue weighted by molar-refractivity contribution is 14.0. The van der Waals surface area contributed by atoms with Crippen LogP contribution in [0.3, 0.4) is 0 Å². The Kier molecular flexibility index (Phi) is 11.7. The average molecular weight is 385 g/mol. The minimum Gasteiger partial charge on any atom is -0.381 e. The minimum absolute atomic E-state index is 0. The molecule has 1 rings (SSSR count). The summed E-state index contributed by atoms with van der Waals surface area (Å²) in [5.41, 5.74) is 5.88. The molecule has 0 aromatic rings. The van der Waals surface area contributed by atoms with Gasteiger partial charge in [-0.2, -0.15) is 0 Å². The highest BCUT2D eigenvalue weighted by Gasteiger charge is 2.13. The molecule has 0 atom stereocenters. The van der Waals surface area contributed by atoms with E-state index in [1.807, 2.05) is 0 Å². The van der Waals surface area contributed by atoms with Gasteiger partial charge in [0.1, 0.15) is 0 Å². The molecule has 1 fully saturated rings. The summed E-state index contributed by atoms with van der Waals surface area (Å²) >= 11 is 0. The van der Waals surface area contributed by atoms with Crippen molar-refractivity contribution in [3.05, 3.63) is 0 Å². The molecule has 6 heteroatoms. The molecule has 0 radical (unpaired) electrons. The van der Waals surface area contributed by atoms with E-state index < -0.39 is 0 Å². The van der Waals surface area contributed by atoms with Crippen LogP contribution >= 0.6 is 24.0 Å². The van der Waals surface area contributed by atoms with Crippen LogP contribution in [0.5, 0.6) is 0 Å². The minimum atomic E-state index is 0. The molecule has 1 heterocycles. The number of rotatable bonds is 7. The Morgan fingerprint density at radius 2 is 1.95 bits per heavy atom. The second-order valence-electron chi connectivity index (χ2n) is 4.45.